The molecule has 80 valence electrons. The van der Waals surface area contributed by atoms with E-state index in [9.17, 15) is 4.79 Å². The standard InChI is InChI=1S/C11H18O3/c1-13-11(12)9-3-2-8-4-5-14-7-10(8)6-9/h8-10H,2-7H2,1H3/t8-,9+,10-/m1/s1. The maximum Gasteiger partial charge on any atom is 0.308 e. The Balaban J connectivity index is 1.92. The number of esters is 1. The highest BCUT2D eigenvalue weighted by molar-refractivity contribution is 5.72. The fourth-order valence-electron chi connectivity index (χ4n) is 2.76. The van der Waals surface area contributed by atoms with Gasteiger partial charge in [-0.1, -0.05) is 0 Å². The van der Waals surface area contributed by atoms with E-state index in [0.29, 0.717) is 5.92 Å². The molecule has 0 bridgehead atoms. The van der Waals surface area contributed by atoms with Crippen LogP contribution in [0.5, 0.6) is 0 Å². The van der Waals surface area contributed by atoms with Crippen molar-refractivity contribution in [3.63, 3.8) is 0 Å². The Labute approximate surface area is 84.8 Å². The van der Waals surface area contributed by atoms with E-state index in [0.717, 1.165) is 32.0 Å². The summed E-state index contributed by atoms with van der Waals surface area (Å²) in [7, 11) is 1.48. The van der Waals surface area contributed by atoms with Gasteiger partial charge in [0.1, 0.15) is 0 Å². The first-order valence-electron chi connectivity index (χ1n) is 5.47. The van der Waals surface area contributed by atoms with E-state index in [1.54, 1.807) is 0 Å². The summed E-state index contributed by atoms with van der Waals surface area (Å²) in [6.45, 7) is 1.75. The van der Waals surface area contributed by atoms with Crippen LogP contribution in [0.25, 0.3) is 0 Å². The quantitative estimate of drug-likeness (QED) is 0.600. The van der Waals surface area contributed by atoms with Gasteiger partial charge in [0.15, 0.2) is 0 Å². The first-order valence-corrected chi connectivity index (χ1v) is 5.47. The molecular formula is C11H18O3. The largest absolute Gasteiger partial charge is 0.469 e. The van der Waals surface area contributed by atoms with Gasteiger partial charge in [-0.05, 0) is 37.5 Å². The van der Waals surface area contributed by atoms with Crippen LogP contribution < -0.4 is 0 Å². The number of rotatable bonds is 1. The third-order valence-corrected chi connectivity index (χ3v) is 3.64. The summed E-state index contributed by atoms with van der Waals surface area (Å²) in [5.41, 5.74) is 0. The normalized spacial score (nSPS) is 37.4. The molecule has 2 fully saturated rings. The molecule has 0 spiro atoms. The molecule has 1 heterocycles. The van der Waals surface area contributed by atoms with Crippen LogP contribution in [0.15, 0.2) is 0 Å². The van der Waals surface area contributed by atoms with Gasteiger partial charge in [0.25, 0.3) is 0 Å². The molecule has 0 aromatic carbocycles. The predicted octanol–water partition coefficient (Wildman–Crippen LogP) is 1.61. The van der Waals surface area contributed by atoms with Crippen molar-refractivity contribution in [2.45, 2.75) is 25.7 Å². The predicted molar refractivity (Wildman–Crippen MR) is 51.8 cm³/mol. The van der Waals surface area contributed by atoms with E-state index in [2.05, 4.69) is 0 Å². The highest BCUT2D eigenvalue weighted by atomic mass is 16.5. The number of carbonyl (C=O) groups excluding carboxylic acids is 1. The van der Waals surface area contributed by atoms with Crippen molar-refractivity contribution in [3.8, 4) is 0 Å². The minimum atomic E-state index is -0.0333. The molecule has 1 aliphatic heterocycles. The van der Waals surface area contributed by atoms with Crippen LogP contribution in [0.2, 0.25) is 0 Å². The van der Waals surface area contributed by atoms with Gasteiger partial charge in [-0.25, -0.2) is 0 Å². The summed E-state index contributed by atoms with van der Waals surface area (Å²) < 4.78 is 10.2. The first kappa shape index (κ1) is 9.97. The molecule has 3 heteroatoms. The van der Waals surface area contributed by atoms with Gasteiger partial charge in [0.05, 0.1) is 13.0 Å². The second kappa shape index (κ2) is 4.30. The van der Waals surface area contributed by atoms with Crippen molar-refractivity contribution in [2.24, 2.45) is 17.8 Å². The van der Waals surface area contributed by atoms with Gasteiger partial charge in [-0.15, -0.1) is 0 Å². The van der Waals surface area contributed by atoms with Crippen molar-refractivity contribution in [1.29, 1.82) is 0 Å². The maximum atomic E-state index is 11.4. The van der Waals surface area contributed by atoms with Crippen molar-refractivity contribution in [1.82, 2.24) is 0 Å². The Morgan fingerprint density at radius 2 is 2.14 bits per heavy atom. The third-order valence-electron chi connectivity index (χ3n) is 3.64. The minimum absolute atomic E-state index is 0.0333. The Bertz CT molecular complexity index is 215. The van der Waals surface area contributed by atoms with Crippen LogP contribution in [0.4, 0.5) is 0 Å². The number of hydrogen-bond donors (Lipinski definition) is 0. The highest BCUT2D eigenvalue weighted by Gasteiger charge is 2.35. The molecule has 0 aromatic rings. The number of fused-ring (bicyclic) bond motifs is 1. The van der Waals surface area contributed by atoms with E-state index in [1.165, 1.54) is 20.0 Å². The van der Waals surface area contributed by atoms with Crippen LogP contribution in [0.1, 0.15) is 25.7 Å². The third kappa shape index (κ3) is 1.92. The second-order valence-corrected chi connectivity index (χ2v) is 4.42. The number of methoxy groups -OCH3 is 1. The Kier molecular flexibility index (Phi) is 3.06. The van der Waals surface area contributed by atoms with Crippen molar-refractivity contribution >= 4 is 5.97 Å². The van der Waals surface area contributed by atoms with Gasteiger partial charge in [0, 0.05) is 13.2 Å². The molecular weight excluding hydrogens is 180 g/mol. The molecule has 3 nitrogen and oxygen atoms in total. The van der Waals surface area contributed by atoms with E-state index in [-0.39, 0.29) is 11.9 Å². The first-order chi connectivity index (χ1) is 6.81. The van der Waals surface area contributed by atoms with E-state index >= 15 is 0 Å². The molecule has 14 heavy (non-hydrogen) atoms. The van der Waals surface area contributed by atoms with E-state index < -0.39 is 0 Å². The van der Waals surface area contributed by atoms with Crippen LogP contribution in [0.3, 0.4) is 0 Å². The molecule has 1 saturated heterocycles. The molecule has 1 saturated carbocycles. The van der Waals surface area contributed by atoms with Crippen LogP contribution in [-0.4, -0.2) is 26.3 Å². The van der Waals surface area contributed by atoms with Gasteiger partial charge in [-0.3, -0.25) is 4.79 Å². The molecule has 0 amide bonds. The molecule has 2 aliphatic rings. The maximum absolute atomic E-state index is 11.4. The fraction of sp³-hybridized carbons (Fsp3) is 0.909. The van der Waals surface area contributed by atoms with E-state index in [4.69, 9.17) is 9.47 Å². The van der Waals surface area contributed by atoms with Crippen LogP contribution in [0, 0.1) is 17.8 Å². The highest BCUT2D eigenvalue weighted by Crippen LogP contribution is 2.38. The van der Waals surface area contributed by atoms with Crippen molar-refractivity contribution in [2.75, 3.05) is 20.3 Å². The summed E-state index contributed by atoms with van der Waals surface area (Å²) in [6, 6.07) is 0. The lowest BCUT2D eigenvalue weighted by Gasteiger charge is -2.38. The number of hydrogen-bond acceptors (Lipinski definition) is 3. The lowest BCUT2D eigenvalue weighted by molar-refractivity contribution is -0.148. The molecule has 0 unspecified atom stereocenters. The zero-order chi connectivity index (χ0) is 9.97. The molecule has 0 aromatic heterocycles. The molecule has 0 radical (unpaired) electrons. The SMILES string of the molecule is COC(=O)[C@H]1CC[C@@H]2CCOC[C@H]2C1. The molecule has 3 atom stereocenters. The summed E-state index contributed by atoms with van der Waals surface area (Å²) in [5, 5.41) is 0. The number of ether oxygens (including phenoxy) is 2. The average Bonchev–Trinajstić information content (AvgIpc) is 2.27. The van der Waals surface area contributed by atoms with Crippen molar-refractivity contribution in [3.05, 3.63) is 0 Å². The monoisotopic (exact) mass is 198 g/mol. The summed E-state index contributed by atoms with van der Waals surface area (Å²) >= 11 is 0. The average molecular weight is 198 g/mol. The zero-order valence-electron chi connectivity index (χ0n) is 8.70. The second-order valence-electron chi connectivity index (χ2n) is 4.42. The van der Waals surface area contributed by atoms with Crippen molar-refractivity contribution < 1.29 is 14.3 Å². The van der Waals surface area contributed by atoms with Gasteiger partial charge < -0.3 is 9.47 Å². The molecule has 1 aliphatic carbocycles. The Hall–Kier alpha value is -0.570. The van der Waals surface area contributed by atoms with Gasteiger partial charge >= 0.3 is 5.97 Å². The minimum Gasteiger partial charge on any atom is -0.469 e. The van der Waals surface area contributed by atoms with Crippen LogP contribution >= 0.6 is 0 Å². The fourth-order valence-corrected chi connectivity index (χ4v) is 2.76. The van der Waals surface area contributed by atoms with Crippen LogP contribution in [-0.2, 0) is 14.3 Å². The number of carbonyl (C=O) groups is 1. The van der Waals surface area contributed by atoms with Gasteiger partial charge in [0.2, 0.25) is 0 Å². The Morgan fingerprint density at radius 1 is 1.29 bits per heavy atom. The lowest BCUT2D eigenvalue weighted by Crippen LogP contribution is -2.35. The summed E-state index contributed by atoms with van der Waals surface area (Å²) in [4.78, 5) is 11.4. The summed E-state index contributed by atoms with van der Waals surface area (Å²) in [5.74, 6) is 1.49. The lowest BCUT2D eigenvalue weighted by atomic mass is 9.72. The Morgan fingerprint density at radius 3 is 2.93 bits per heavy atom. The topological polar surface area (TPSA) is 35.5 Å². The molecule has 2 rings (SSSR count). The molecule has 0 N–H and O–H groups in total. The summed E-state index contributed by atoms with van der Waals surface area (Å²) in [6.07, 6.45) is 4.33. The zero-order valence-corrected chi connectivity index (χ0v) is 8.70. The van der Waals surface area contributed by atoms with E-state index in [1.807, 2.05) is 0 Å². The van der Waals surface area contributed by atoms with Gasteiger partial charge in [-0.2, -0.15) is 0 Å². The smallest absolute Gasteiger partial charge is 0.308 e.